The summed E-state index contributed by atoms with van der Waals surface area (Å²) in [6.45, 7) is 7.67. The van der Waals surface area contributed by atoms with Crippen molar-refractivity contribution in [2.75, 3.05) is 64.5 Å². The maximum Gasteiger partial charge on any atom is 0.243 e. The van der Waals surface area contributed by atoms with Crippen molar-refractivity contribution in [3.8, 4) is 17.2 Å². The van der Waals surface area contributed by atoms with E-state index in [1.807, 2.05) is 19.1 Å². The van der Waals surface area contributed by atoms with Crippen molar-refractivity contribution in [1.29, 1.82) is 0 Å². The summed E-state index contributed by atoms with van der Waals surface area (Å²) >= 11 is 0. The Morgan fingerprint density at radius 2 is 1.74 bits per heavy atom. The molecule has 208 valence electrons. The molecule has 2 aromatic rings. The number of ether oxygens (including phenoxy) is 3. The Morgan fingerprint density at radius 3 is 2.51 bits per heavy atom. The summed E-state index contributed by atoms with van der Waals surface area (Å²) < 4.78 is 16.3. The number of hydrogen-bond acceptors (Lipinski definition) is 8. The van der Waals surface area contributed by atoms with Crippen LogP contribution in [0.15, 0.2) is 42.5 Å². The molecule has 0 bridgehead atoms. The highest BCUT2D eigenvalue weighted by atomic mass is 16.7. The molecule has 0 unspecified atom stereocenters. The monoisotopic (exact) mass is 537 g/mol. The van der Waals surface area contributed by atoms with Gasteiger partial charge < -0.3 is 29.7 Å². The van der Waals surface area contributed by atoms with Gasteiger partial charge in [-0.05, 0) is 48.9 Å². The lowest BCUT2D eigenvalue weighted by atomic mass is 10.1. The van der Waals surface area contributed by atoms with Crippen LogP contribution in [0, 0.1) is 0 Å². The number of hydrogen-bond donors (Lipinski definition) is 2. The van der Waals surface area contributed by atoms with Crippen molar-refractivity contribution in [1.82, 2.24) is 20.0 Å². The zero-order valence-corrected chi connectivity index (χ0v) is 22.2. The Balaban J connectivity index is 1.11. The van der Waals surface area contributed by atoms with Gasteiger partial charge in [0.1, 0.15) is 11.8 Å². The van der Waals surface area contributed by atoms with E-state index in [0.717, 1.165) is 49.8 Å². The van der Waals surface area contributed by atoms with Gasteiger partial charge in [0.15, 0.2) is 11.5 Å². The summed E-state index contributed by atoms with van der Waals surface area (Å²) in [5.41, 5.74) is 1.77. The quantitative estimate of drug-likeness (QED) is 0.492. The van der Waals surface area contributed by atoms with Crippen LogP contribution in [0.3, 0.4) is 0 Å². The zero-order valence-electron chi connectivity index (χ0n) is 22.2. The second kappa shape index (κ2) is 12.4. The van der Waals surface area contributed by atoms with Crippen LogP contribution in [0.1, 0.15) is 18.9 Å². The first-order valence-corrected chi connectivity index (χ1v) is 13.4. The average molecular weight is 538 g/mol. The van der Waals surface area contributed by atoms with E-state index in [-0.39, 0.29) is 37.5 Å². The fourth-order valence-corrected chi connectivity index (χ4v) is 5.09. The molecule has 0 aromatic heterocycles. The Morgan fingerprint density at radius 1 is 1.00 bits per heavy atom. The maximum atomic E-state index is 13.3. The van der Waals surface area contributed by atoms with Crippen LogP contribution in [0.25, 0.3) is 0 Å². The lowest BCUT2D eigenvalue weighted by Crippen LogP contribution is -2.60. The first-order chi connectivity index (χ1) is 19.0. The number of fused-ring (bicyclic) bond motifs is 1. The van der Waals surface area contributed by atoms with Gasteiger partial charge in [0.25, 0.3) is 0 Å². The Labute approximate surface area is 228 Å². The van der Waals surface area contributed by atoms with E-state index < -0.39 is 6.04 Å². The van der Waals surface area contributed by atoms with Gasteiger partial charge in [-0.2, -0.15) is 0 Å². The van der Waals surface area contributed by atoms with Crippen LogP contribution in [0.4, 0.5) is 5.69 Å². The number of carbonyl (C=O) groups is 3. The molecule has 0 spiro atoms. The minimum Gasteiger partial charge on any atom is -0.494 e. The summed E-state index contributed by atoms with van der Waals surface area (Å²) in [7, 11) is 0. The molecule has 3 amide bonds. The molecular weight excluding hydrogens is 502 g/mol. The molecule has 5 rings (SSSR count). The predicted octanol–water partition coefficient (Wildman–Crippen LogP) is 1.29. The predicted molar refractivity (Wildman–Crippen MR) is 144 cm³/mol. The third-order valence-electron chi connectivity index (χ3n) is 7.15. The number of nitrogens with one attached hydrogen (secondary N) is 2. The van der Waals surface area contributed by atoms with Gasteiger partial charge in [0, 0.05) is 51.5 Å². The minimum absolute atomic E-state index is 0.103. The highest BCUT2D eigenvalue weighted by Gasteiger charge is 2.35. The highest BCUT2D eigenvalue weighted by molar-refractivity contribution is 5.97. The molecule has 0 radical (unpaired) electrons. The van der Waals surface area contributed by atoms with Crippen molar-refractivity contribution in [3.63, 3.8) is 0 Å². The first kappa shape index (κ1) is 26.8. The summed E-state index contributed by atoms with van der Waals surface area (Å²) in [6, 6.07) is 12.2. The molecule has 3 aliphatic heterocycles. The van der Waals surface area contributed by atoms with Gasteiger partial charge in [-0.15, -0.1) is 0 Å². The number of amides is 3. The van der Waals surface area contributed by atoms with Gasteiger partial charge in [0.2, 0.25) is 24.5 Å². The van der Waals surface area contributed by atoms with E-state index >= 15 is 0 Å². The molecule has 0 aliphatic carbocycles. The number of benzene rings is 2. The second-order valence-corrected chi connectivity index (χ2v) is 9.84. The number of nitrogens with zero attached hydrogens (tertiary/aromatic N) is 3. The molecule has 0 saturated carbocycles. The molecule has 1 atom stereocenters. The molecule has 11 heteroatoms. The lowest BCUT2D eigenvalue weighted by molar-refractivity contribution is -0.145. The number of anilines is 1. The van der Waals surface area contributed by atoms with Gasteiger partial charge in [-0.1, -0.05) is 6.07 Å². The topological polar surface area (TPSA) is 113 Å². The average Bonchev–Trinajstić information content (AvgIpc) is 3.40. The molecule has 2 N–H and O–H groups in total. The van der Waals surface area contributed by atoms with Crippen LogP contribution >= 0.6 is 0 Å². The van der Waals surface area contributed by atoms with Crippen LogP contribution in [-0.2, 0) is 20.9 Å². The zero-order chi connectivity index (χ0) is 27.2. The van der Waals surface area contributed by atoms with E-state index in [2.05, 4.69) is 26.5 Å². The minimum atomic E-state index is -0.832. The summed E-state index contributed by atoms with van der Waals surface area (Å²) in [5.74, 6) is 1.52. The SMILES string of the molecule is CCOc1ccc(NC(=O)C[C@H]2C(=O)NCCN2C(=O)CN2CCN(Cc3ccc4c(c3)OCO4)CC2)cc1. The van der Waals surface area contributed by atoms with E-state index in [4.69, 9.17) is 14.2 Å². The Kier molecular flexibility index (Phi) is 8.48. The fraction of sp³-hybridized carbons (Fsp3) is 0.464. The number of carbonyl (C=O) groups excluding carboxylic acids is 3. The van der Waals surface area contributed by atoms with Gasteiger partial charge >= 0.3 is 0 Å². The molecule has 39 heavy (non-hydrogen) atoms. The van der Waals surface area contributed by atoms with Crippen LogP contribution in [-0.4, -0.2) is 97.7 Å². The normalized spacial score (nSPS) is 19.5. The standard InChI is InChI=1S/C28H35N5O6/c1-2-37-22-6-4-21(5-7-22)30-26(34)16-23-28(36)29-9-10-33(23)27(35)18-32-13-11-31(12-14-32)17-20-3-8-24-25(15-20)39-19-38-24/h3-8,15,23H,2,9-14,16-19H2,1H3,(H,29,36)(H,30,34)/t23-/m0/s1. The van der Waals surface area contributed by atoms with Crippen molar-refractivity contribution in [2.45, 2.75) is 25.9 Å². The molecule has 3 heterocycles. The molecule has 2 aromatic carbocycles. The van der Waals surface area contributed by atoms with Gasteiger partial charge in [-0.25, -0.2) is 0 Å². The summed E-state index contributed by atoms with van der Waals surface area (Å²) in [5, 5.41) is 5.60. The van der Waals surface area contributed by atoms with E-state index in [9.17, 15) is 14.4 Å². The number of rotatable bonds is 9. The lowest BCUT2D eigenvalue weighted by Gasteiger charge is -2.38. The second-order valence-electron chi connectivity index (χ2n) is 9.84. The molecular formula is C28H35N5O6. The molecule has 2 saturated heterocycles. The molecule has 3 aliphatic rings. The van der Waals surface area contributed by atoms with Crippen LogP contribution < -0.4 is 24.8 Å². The number of piperazine rings is 2. The van der Waals surface area contributed by atoms with E-state index in [1.54, 1.807) is 29.2 Å². The highest BCUT2D eigenvalue weighted by Crippen LogP contribution is 2.32. The van der Waals surface area contributed by atoms with Crippen molar-refractivity contribution >= 4 is 23.4 Å². The third-order valence-corrected chi connectivity index (χ3v) is 7.15. The molecule has 2 fully saturated rings. The Bertz CT molecular complexity index is 1180. The largest absolute Gasteiger partial charge is 0.494 e. The molecule has 11 nitrogen and oxygen atoms in total. The first-order valence-electron chi connectivity index (χ1n) is 13.4. The van der Waals surface area contributed by atoms with Gasteiger partial charge in [0.05, 0.1) is 19.6 Å². The fourth-order valence-electron chi connectivity index (χ4n) is 5.09. The van der Waals surface area contributed by atoms with Crippen LogP contribution in [0.2, 0.25) is 0 Å². The smallest absolute Gasteiger partial charge is 0.243 e. The maximum absolute atomic E-state index is 13.3. The summed E-state index contributed by atoms with van der Waals surface area (Å²) in [4.78, 5) is 44.7. The van der Waals surface area contributed by atoms with Crippen molar-refractivity contribution in [2.24, 2.45) is 0 Å². The van der Waals surface area contributed by atoms with E-state index in [1.165, 1.54) is 0 Å². The Hall–Kier alpha value is -3.83. The van der Waals surface area contributed by atoms with Crippen molar-refractivity contribution < 1.29 is 28.6 Å². The van der Waals surface area contributed by atoms with Crippen molar-refractivity contribution in [3.05, 3.63) is 48.0 Å². The van der Waals surface area contributed by atoms with E-state index in [0.29, 0.717) is 31.1 Å². The van der Waals surface area contributed by atoms with Gasteiger partial charge in [-0.3, -0.25) is 24.2 Å². The summed E-state index contributed by atoms with van der Waals surface area (Å²) in [6.07, 6.45) is -0.103. The third kappa shape index (κ3) is 6.79. The van der Waals surface area contributed by atoms with Crippen LogP contribution in [0.5, 0.6) is 17.2 Å².